The predicted octanol–water partition coefficient (Wildman–Crippen LogP) is 1.96. The number of nitrogens with zero attached hydrogens (tertiary/aromatic N) is 5. The Labute approximate surface area is 175 Å². The van der Waals surface area contributed by atoms with E-state index in [4.69, 9.17) is 0 Å². The fourth-order valence-electron chi connectivity index (χ4n) is 4.37. The summed E-state index contributed by atoms with van der Waals surface area (Å²) in [5.74, 6) is 0.497. The lowest BCUT2D eigenvalue weighted by Crippen LogP contribution is -2.51. The van der Waals surface area contributed by atoms with Crippen LogP contribution in [0.3, 0.4) is 0 Å². The molecule has 30 heavy (non-hydrogen) atoms. The number of benzene rings is 2. The van der Waals surface area contributed by atoms with Crippen molar-refractivity contribution in [1.82, 2.24) is 14.5 Å². The minimum Gasteiger partial charge on any atom is -0.369 e. The highest BCUT2D eigenvalue weighted by atomic mass is 16.2. The third kappa shape index (κ3) is 3.45. The van der Waals surface area contributed by atoms with Gasteiger partial charge in [0.15, 0.2) is 0 Å². The summed E-state index contributed by atoms with van der Waals surface area (Å²) in [6.07, 6.45) is 0.764. The molecular weight excluding hydrogens is 378 g/mol. The Hall–Kier alpha value is -3.19. The van der Waals surface area contributed by atoms with Gasteiger partial charge in [-0.2, -0.15) is 0 Å². The van der Waals surface area contributed by atoms with E-state index in [1.54, 1.807) is 15.5 Å². The van der Waals surface area contributed by atoms with E-state index in [0.717, 1.165) is 32.6 Å². The minimum atomic E-state index is -0.0652. The molecule has 0 atom stereocenters. The lowest BCUT2D eigenvalue weighted by Gasteiger charge is -2.37. The molecule has 154 valence electrons. The van der Waals surface area contributed by atoms with Crippen molar-refractivity contribution in [2.75, 3.05) is 49.1 Å². The number of carbonyl (C=O) groups is 1. The standard InChI is InChI=1S/C23H25N5O2/c29-21(17-25-13-15-26(16-14-25)18-7-2-1-3-8-18)27-11-6-12-28-22(30)19-9-4-5-10-20(19)24-23(27)28/h1-5,7-10H,6,11-17H2. The Balaban J connectivity index is 1.31. The van der Waals surface area contributed by atoms with E-state index in [1.807, 2.05) is 24.3 Å². The van der Waals surface area contributed by atoms with Gasteiger partial charge in [0.1, 0.15) is 0 Å². The minimum absolute atomic E-state index is 0.0128. The number of hydrogen-bond acceptors (Lipinski definition) is 5. The van der Waals surface area contributed by atoms with E-state index in [-0.39, 0.29) is 11.5 Å². The second-order valence-electron chi connectivity index (χ2n) is 7.88. The third-order valence-corrected chi connectivity index (χ3v) is 6.00. The van der Waals surface area contributed by atoms with Crippen molar-refractivity contribution in [1.29, 1.82) is 0 Å². The first-order chi connectivity index (χ1) is 14.7. The molecule has 2 aliphatic heterocycles. The number of piperazine rings is 1. The molecular formula is C23H25N5O2. The Morgan fingerprint density at radius 3 is 2.40 bits per heavy atom. The van der Waals surface area contributed by atoms with Crippen LogP contribution in [0.1, 0.15) is 6.42 Å². The molecule has 0 radical (unpaired) electrons. The Kier molecular flexibility index (Phi) is 4.96. The average Bonchev–Trinajstić information content (AvgIpc) is 2.80. The molecule has 0 aliphatic carbocycles. The molecule has 1 saturated heterocycles. The molecule has 3 heterocycles. The number of aromatic nitrogens is 2. The van der Waals surface area contributed by atoms with Crippen LogP contribution in [0, 0.1) is 0 Å². The maximum atomic E-state index is 13.1. The van der Waals surface area contributed by atoms with E-state index < -0.39 is 0 Å². The van der Waals surface area contributed by atoms with Crippen LogP contribution in [-0.2, 0) is 11.3 Å². The number of anilines is 2. The highest BCUT2D eigenvalue weighted by molar-refractivity contribution is 5.94. The van der Waals surface area contributed by atoms with Crippen LogP contribution in [0.15, 0.2) is 59.4 Å². The Morgan fingerprint density at radius 2 is 1.60 bits per heavy atom. The molecule has 3 aromatic rings. The third-order valence-electron chi connectivity index (χ3n) is 6.00. The van der Waals surface area contributed by atoms with Gasteiger partial charge in [0.25, 0.3) is 5.56 Å². The molecule has 7 nitrogen and oxygen atoms in total. The van der Waals surface area contributed by atoms with Crippen LogP contribution < -0.4 is 15.4 Å². The van der Waals surface area contributed by atoms with Gasteiger partial charge in [-0.3, -0.25) is 24.0 Å². The normalized spacial score (nSPS) is 17.2. The average molecular weight is 403 g/mol. The highest BCUT2D eigenvalue weighted by Crippen LogP contribution is 2.21. The number of amides is 1. The molecule has 2 aromatic carbocycles. The maximum Gasteiger partial charge on any atom is 0.262 e. The van der Waals surface area contributed by atoms with Gasteiger partial charge >= 0.3 is 0 Å². The van der Waals surface area contributed by atoms with Crippen LogP contribution in [0.4, 0.5) is 11.6 Å². The van der Waals surface area contributed by atoms with Crippen LogP contribution in [0.2, 0.25) is 0 Å². The maximum absolute atomic E-state index is 13.1. The fraction of sp³-hybridized carbons (Fsp3) is 0.348. The van der Waals surface area contributed by atoms with Gasteiger partial charge < -0.3 is 4.90 Å². The SMILES string of the molecule is O=C(CN1CCN(c2ccccc2)CC1)N1CCCn2c1nc1ccccc1c2=O. The summed E-state index contributed by atoms with van der Waals surface area (Å²) < 4.78 is 1.65. The second kappa shape index (κ2) is 7.91. The Morgan fingerprint density at radius 1 is 0.867 bits per heavy atom. The van der Waals surface area contributed by atoms with E-state index in [1.165, 1.54) is 5.69 Å². The molecule has 5 rings (SSSR count). The highest BCUT2D eigenvalue weighted by Gasteiger charge is 2.28. The van der Waals surface area contributed by atoms with Crippen LogP contribution >= 0.6 is 0 Å². The van der Waals surface area contributed by atoms with Crippen molar-refractivity contribution in [3.05, 3.63) is 65.0 Å². The number of carbonyl (C=O) groups excluding carboxylic acids is 1. The number of hydrogen-bond donors (Lipinski definition) is 0. The summed E-state index contributed by atoms with van der Waals surface area (Å²) in [5, 5.41) is 0.604. The first-order valence-electron chi connectivity index (χ1n) is 10.5. The van der Waals surface area contributed by atoms with Gasteiger partial charge in [0.2, 0.25) is 11.9 Å². The lowest BCUT2D eigenvalue weighted by molar-refractivity contribution is -0.120. The summed E-state index contributed by atoms with van der Waals surface area (Å²) in [5.41, 5.74) is 1.80. The predicted molar refractivity (Wildman–Crippen MR) is 118 cm³/mol. The molecule has 1 aromatic heterocycles. The largest absolute Gasteiger partial charge is 0.369 e. The lowest BCUT2D eigenvalue weighted by atomic mass is 10.2. The van der Waals surface area contributed by atoms with Crippen molar-refractivity contribution in [2.24, 2.45) is 0 Å². The summed E-state index contributed by atoms with van der Waals surface area (Å²) >= 11 is 0. The summed E-state index contributed by atoms with van der Waals surface area (Å²) in [4.78, 5) is 36.9. The van der Waals surface area contributed by atoms with Gasteiger partial charge in [-0.05, 0) is 30.7 Å². The van der Waals surface area contributed by atoms with Gasteiger partial charge in [0, 0.05) is 45.0 Å². The van der Waals surface area contributed by atoms with Gasteiger partial charge in [0.05, 0.1) is 17.4 Å². The van der Waals surface area contributed by atoms with Crippen molar-refractivity contribution >= 4 is 28.4 Å². The monoisotopic (exact) mass is 403 g/mol. The molecule has 0 spiro atoms. The van der Waals surface area contributed by atoms with E-state index in [9.17, 15) is 9.59 Å². The summed E-state index contributed by atoms with van der Waals surface area (Å²) in [6, 6.07) is 17.7. The van der Waals surface area contributed by atoms with Crippen LogP contribution in [-0.4, -0.2) is 59.6 Å². The van der Waals surface area contributed by atoms with Crippen LogP contribution in [0.5, 0.6) is 0 Å². The molecule has 0 bridgehead atoms. The molecule has 2 aliphatic rings. The van der Waals surface area contributed by atoms with Crippen molar-refractivity contribution in [3.63, 3.8) is 0 Å². The molecule has 0 unspecified atom stereocenters. The van der Waals surface area contributed by atoms with E-state index in [0.29, 0.717) is 36.5 Å². The second-order valence-corrected chi connectivity index (χ2v) is 7.88. The molecule has 1 amide bonds. The first kappa shape index (κ1) is 18.8. The Bertz CT molecular complexity index is 1120. The van der Waals surface area contributed by atoms with Crippen molar-refractivity contribution < 1.29 is 4.79 Å². The van der Waals surface area contributed by atoms with E-state index in [2.05, 4.69) is 39.0 Å². The quantitative estimate of drug-likeness (QED) is 0.669. The fourth-order valence-corrected chi connectivity index (χ4v) is 4.37. The van der Waals surface area contributed by atoms with Gasteiger partial charge in [-0.15, -0.1) is 0 Å². The van der Waals surface area contributed by atoms with Crippen molar-refractivity contribution in [3.8, 4) is 0 Å². The zero-order valence-corrected chi connectivity index (χ0v) is 16.9. The summed E-state index contributed by atoms with van der Waals surface area (Å²) in [7, 11) is 0. The molecule has 7 heteroatoms. The first-order valence-corrected chi connectivity index (χ1v) is 10.5. The zero-order valence-electron chi connectivity index (χ0n) is 16.9. The number of para-hydroxylation sites is 2. The zero-order chi connectivity index (χ0) is 20.5. The van der Waals surface area contributed by atoms with E-state index >= 15 is 0 Å². The molecule has 1 fully saturated rings. The smallest absolute Gasteiger partial charge is 0.262 e. The van der Waals surface area contributed by atoms with Gasteiger partial charge in [-0.1, -0.05) is 30.3 Å². The van der Waals surface area contributed by atoms with Crippen molar-refractivity contribution in [2.45, 2.75) is 13.0 Å². The molecule has 0 saturated carbocycles. The topological polar surface area (TPSA) is 61.7 Å². The number of fused-ring (bicyclic) bond motifs is 2. The summed E-state index contributed by atoms with van der Waals surface area (Å²) in [6.45, 7) is 5.04. The molecule has 0 N–H and O–H groups in total. The number of rotatable bonds is 3. The van der Waals surface area contributed by atoms with Gasteiger partial charge in [-0.25, -0.2) is 4.98 Å². The van der Waals surface area contributed by atoms with Crippen LogP contribution in [0.25, 0.3) is 10.9 Å².